The highest BCUT2D eigenvalue weighted by molar-refractivity contribution is 4.51. The van der Waals surface area contributed by atoms with E-state index in [2.05, 4.69) is 10.6 Å². The number of nitrogens with one attached hydrogen (secondary N) is 2. The number of hydrogen-bond acceptors (Lipinski definition) is 4. The zero-order valence-corrected chi connectivity index (χ0v) is 7.88. The van der Waals surface area contributed by atoms with Crippen LogP contribution in [0.2, 0.25) is 0 Å². The summed E-state index contributed by atoms with van der Waals surface area (Å²) in [6.07, 6.45) is 1.17. The van der Waals surface area contributed by atoms with Crippen LogP contribution in [0.1, 0.15) is 26.7 Å². The molecule has 0 aliphatic heterocycles. The molecule has 0 rings (SSSR count). The van der Waals surface area contributed by atoms with Crippen LogP contribution in [0.15, 0.2) is 0 Å². The summed E-state index contributed by atoms with van der Waals surface area (Å²) in [6, 6.07) is 0. The van der Waals surface area contributed by atoms with Gasteiger partial charge < -0.3 is 10.2 Å². The minimum Gasteiger partial charge on any atom is -0.379 e. The number of aliphatic hydroxyl groups is 2. The first-order valence-electron chi connectivity index (χ1n) is 4.46. The number of aliphatic hydroxyl groups excluding tert-OH is 2. The van der Waals surface area contributed by atoms with Gasteiger partial charge in [-0.1, -0.05) is 0 Å². The Balaban J connectivity index is 2.91. The van der Waals surface area contributed by atoms with Crippen LogP contribution in [0.25, 0.3) is 0 Å². The van der Waals surface area contributed by atoms with E-state index in [0.717, 1.165) is 25.9 Å². The molecule has 0 aromatic rings. The lowest BCUT2D eigenvalue weighted by molar-refractivity contribution is 0.150. The topological polar surface area (TPSA) is 64.5 Å². The molecule has 0 aromatic carbocycles. The lowest BCUT2D eigenvalue weighted by atomic mass is 10.3. The minimum atomic E-state index is -0.422. The Bertz CT molecular complexity index is 85.1. The highest BCUT2D eigenvalue weighted by Crippen LogP contribution is 1.86. The zero-order valence-electron chi connectivity index (χ0n) is 7.88. The van der Waals surface area contributed by atoms with Crippen molar-refractivity contribution in [1.29, 1.82) is 0 Å². The van der Waals surface area contributed by atoms with E-state index in [0.29, 0.717) is 0 Å². The van der Waals surface area contributed by atoms with Crippen LogP contribution in [0.4, 0.5) is 0 Å². The summed E-state index contributed by atoms with van der Waals surface area (Å²) in [5.74, 6) is 0. The quantitative estimate of drug-likeness (QED) is 0.315. The van der Waals surface area contributed by atoms with Gasteiger partial charge in [-0.2, -0.15) is 0 Å². The van der Waals surface area contributed by atoms with Crippen molar-refractivity contribution in [2.45, 2.75) is 39.1 Å². The molecule has 0 aromatic heterocycles. The molecule has 4 heteroatoms. The molecule has 0 saturated carbocycles. The lowest BCUT2D eigenvalue weighted by Gasteiger charge is -2.08. The summed E-state index contributed by atoms with van der Waals surface area (Å²) in [7, 11) is 0. The summed E-state index contributed by atoms with van der Waals surface area (Å²) < 4.78 is 0. The molecule has 12 heavy (non-hydrogen) atoms. The molecule has 0 heterocycles. The molecular weight excluding hydrogens is 156 g/mol. The van der Waals surface area contributed by atoms with E-state index in [1.54, 1.807) is 13.8 Å². The Morgan fingerprint density at radius 1 is 0.917 bits per heavy atom. The highest BCUT2D eigenvalue weighted by Gasteiger charge is 1.94. The Morgan fingerprint density at radius 2 is 1.25 bits per heavy atom. The fourth-order valence-electron chi connectivity index (χ4n) is 0.872. The molecule has 0 amide bonds. The van der Waals surface area contributed by atoms with Gasteiger partial charge in [0.15, 0.2) is 0 Å². The van der Waals surface area contributed by atoms with E-state index in [1.807, 2.05) is 0 Å². The maximum absolute atomic E-state index is 8.83. The molecule has 0 radical (unpaired) electrons. The molecule has 4 nitrogen and oxygen atoms in total. The van der Waals surface area contributed by atoms with Crippen molar-refractivity contribution in [3.8, 4) is 0 Å². The fourth-order valence-corrected chi connectivity index (χ4v) is 0.872. The second-order valence-corrected chi connectivity index (χ2v) is 2.97. The second-order valence-electron chi connectivity index (χ2n) is 2.97. The zero-order chi connectivity index (χ0) is 9.40. The predicted molar refractivity (Wildman–Crippen MR) is 48.6 cm³/mol. The second kappa shape index (κ2) is 7.49. The first kappa shape index (κ1) is 11.8. The van der Waals surface area contributed by atoms with Gasteiger partial charge in [0.2, 0.25) is 0 Å². The van der Waals surface area contributed by atoms with E-state index in [9.17, 15) is 0 Å². The van der Waals surface area contributed by atoms with Crippen molar-refractivity contribution in [2.24, 2.45) is 0 Å². The highest BCUT2D eigenvalue weighted by atomic mass is 16.3. The number of rotatable bonds is 7. The minimum absolute atomic E-state index is 0.422. The Hall–Kier alpha value is -0.160. The van der Waals surface area contributed by atoms with E-state index >= 15 is 0 Å². The molecule has 0 bridgehead atoms. The Morgan fingerprint density at radius 3 is 1.50 bits per heavy atom. The molecule has 0 saturated heterocycles. The Labute approximate surface area is 74.0 Å². The van der Waals surface area contributed by atoms with Crippen molar-refractivity contribution in [1.82, 2.24) is 10.6 Å². The molecule has 4 N–H and O–H groups in total. The van der Waals surface area contributed by atoms with Gasteiger partial charge in [0.1, 0.15) is 12.5 Å². The third-order valence-corrected chi connectivity index (χ3v) is 1.48. The van der Waals surface area contributed by atoms with Gasteiger partial charge in [-0.05, 0) is 39.8 Å². The molecule has 0 aliphatic carbocycles. The van der Waals surface area contributed by atoms with Gasteiger partial charge in [0, 0.05) is 0 Å². The van der Waals surface area contributed by atoms with Crippen LogP contribution in [0.3, 0.4) is 0 Å². The smallest absolute Gasteiger partial charge is 0.102 e. The van der Waals surface area contributed by atoms with Crippen LogP contribution in [-0.2, 0) is 0 Å². The molecular formula is C8H20N2O2. The van der Waals surface area contributed by atoms with E-state index in [4.69, 9.17) is 10.2 Å². The molecule has 74 valence electrons. The summed E-state index contributed by atoms with van der Waals surface area (Å²) in [4.78, 5) is 0. The molecule has 2 atom stereocenters. The fraction of sp³-hybridized carbons (Fsp3) is 1.00. The average Bonchev–Trinajstić information content (AvgIpc) is 1.95. The van der Waals surface area contributed by atoms with Crippen LogP contribution in [0.5, 0.6) is 0 Å². The number of unbranched alkanes of at least 4 members (excludes halogenated alkanes) is 1. The van der Waals surface area contributed by atoms with Crippen molar-refractivity contribution < 1.29 is 10.2 Å². The third-order valence-electron chi connectivity index (χ3n) is 1.48. The van der Waals surface area contributed by atoms with Gasteiger partial charge in [0.25, 0.3) is 0 Å². The van der Waals surface area contributed by atoms with Crippen molar-refractivity contribution in [2.75, 3.05) is 13.1 Å². The lowest BCUT2D eigenvalue weighted by Crippen LogP contribution is -2.29. The SMILES string of the molecule is CC(O)NCCCCNC(C)O. The third kappa shape index (κ3) is 9.84. The van der Waals surface area contributed by atoms with Crippen LogP contribution >= 0.6 is 0 Å². The first-order valence-corrected chi connectivity index (χ1v) is 4.46. The van der Waals surface area contributed by atoms with Crippen molar-refractivity contribution >= 4 is 0 Å². The molecule has 0 aliphatic rings. The van der Waals surface area contributed by atoms with Crippen LogP contribution in [-0.4, -0.2) is 35.8 Å². The predicted octanol–water partition coefficient (Wildman–Crippen LogP) is -0.378. The largest absolute Gasteiger partial charge is 0.379 e. The van der Waals surface area contributed by atoms with Gasteiger partial charge in [0.05, 0.1) is 0 Å². The van der Waals surface area contributed by atoms with Crippen molar-refractivity contribution in [3.63, 3.8) is 0 Å². The monoisotopic (exact) mass is 176 g/mol. The van der Waals surface area contributed by atoms with Crippen LogP contribution < -0.4 is 10.6 Å². The molecule has 0 fully saturated rings. The van der Waals surface area contributed by atoms with E-state index in [-0.39, 0.29) is 0 Å². The van der Waals surface area contributed by atoms with Crippen LogP contribution in [0, 0.1) is 0 Å². The van der Waals surface area contributed by atoms with Gasteiger partial charge in [-0.25, -0.2) is 0 Å². The normalized spacial score (nSPS) is 16.0. The van der Waals surface area contributed by atoms with Gasteiger partial charge in [-0.3, -0.25) is 10.6 Å². The summed E-state index contributed by atoms with van der Waals surface area (Å²) in [5, 5.41) is 23.5. The molecule has 2 unspecified atom stereocenters. The number of hydrogen-bond donors (Lipinski definition) is 4. The first-order chi connectivity index (χ1) is 5.63. The van der Waals surface area contributed by atoms with Gasteiger partial charge in [-0.15, -0.1) is 0 Å². The van der Waals surface area contributed by atoms with Gasteiger partial charge >= 0.3 is 0 Å². The maximum Gasteiger partial charge on any atom is 0.102 e. The summed E-state index contributed by atoms with van der Waals surface area (Å²) >= 11 is 0. The maximum atomic E-state index is 8.83. The Kier molecular flexibility index (Phi) is 7.39. The molecule has 0 spiro atoms. The average molecular weight is 176 g/mol. The van der Waals surface area contributed by atoms with Crippen molar-refractivity contribution in [3.05, 3.63) is 0 Å². The standard InChI is InChI=1S/C8H20N2O2/c1-7(11)9-5-3-4-6-10-8(2)12/h7-12H,3-6H2,1-2H3. The summed E-state index contributed by atoms with van der Waals surface area (Å²) in [5.41, 5.74) is 0. The van der Waals surface area contributed by atoms with E-state index in [1.165, 1.54) is 0 Å². The van der Waals surface area contributed by atoms with E-state index < -0.39 is 12.5 Å². The summed E-state index contributed by atoms with van der Waals surface area (Å²) in [6.45, 7) is 5.04.